The van der Waals surface area contributed by atoms with Gasteiger partial charge in [-0.05, 0) is 37.8 Å². The predicted octanol–water partition coefficient (Wildman–Crippen LogP) is -0.0569. The van der Waals surface area contributed by atoms with E-state index in [0.717, 1.165) is 11.8 Å². The Morgan fingerprint density at radius 3 is 2.22 bits per heavy atom. The van der Waals surface area contributed by atoms with Crippen LogP contribution < -0.4 is 11.1 Å². The average molecular weight is 126 g/mol. The van der Waals surface area contributed by atoms with Crippen LogP contribution in [-0.4, -0.2) is 19.1 Å². The second kappa shape index (κ2) is 1.96. The molecule has 0 aromatic carbocycles. The van der Waals surface area contributed by atoms with Gasteiger partial charge in [0.2, 0.25) is 0 Å². The lowest BCUT2D eigenvalue weighted by Crippen LogP contribution is -2.20. The van der Waals surface area contributed by atoms with Gasteiger partial charge in [0.1, 0.15) is 0 Å². The molecule has 0 aromatic heterocycles. The number of fused-ring (bicyclic) bond motifs is 1. The number of hydrogen-bond acceptors (Lipinski definition) is 2. The lowest BCUT2D eigenvalue weighted by atomic mass is 10.0. The molecule has 0 radical (unpaired) electrons. The monoisotopic (exact) mass is 126 g/mol. The van der Waals surface area contributed by atoms with Gasteiger partial charge < -0.3 is 11.1 Å². The molecule has 1 saturated carbocycles. The van der Waals surface area contributed by atoms with Crippen LogP contribution in [0, 0.1) is 11.8 Å². The molecule has 3 N–H and O–H groups in total. The highest BCUT2D eigenvalue weighted by Gasteiger charge is 2.35. The van der Waals surface area contributed by atoms with E-state index in [1.54, 1.807) is 0 Å². The summed E-state index contributed by atoms with van der Waals surface area (Å²) in [6.07, 6.45) is 2.52. The van der Waals surface area contributed by atoms with Gasteiger partial charge in [-0.3, -0.25) is 0 Å². The van der Waals surface area contributed by atoms with E-state index in [1.807, 2.05) is 0 Å². The Balaban J connectivity index is 2.02. The second-order valence-electron chi connectivity index (χ2n) is 3.41. The highest BCUT2D eigenvalue weighted by atomic mass is 14.9. The number of nitrogens with one attached hydrogen (secondary N) is 1. The zero-order valence-electron chi connectivity index (χ0n) is 5.64. The maximum atomic E-state index is 5.80. The zero-order valence-corrected chi connectivity index (χ0v) is 5.64. The molecule has 2 rings (SSSR count). The van der Waals surface area contributed by atoms with E-state index >= 15 is 0 Å². The molecular formula is C7H14N2. The fraction of sp³-hybridized carbons (Fsp3) is 1.00. The molecule has 9 heavy (non-hydrogen) atoms. The Hall–Kier alpha value is -0.0800. The van der Waals surface area contributed by atoms with Crippen molar-refractivity contribution in [3.63, 3.8) is 0 Å². The molecule has 52 valence electrons. The van der Waals surface area contributed by atoms with Gasteiger partial charge in [-0.1, -0.05) is 0 Å². The van der Waals surface area contributed by atoms with Crippen LogP contribution in [0.1, 0.15) is 12.8 Å². The molecule has 2 atom stereocenters. The normalized spacial score (nSPS) is 49.7. The largest absolute Gasteiger partial charge is 0.328 e. The van der Waals surface area contributed by atoms with Crippen LogP contribution in [0.25, 0.3) is 0 Å². The van der Waals surface area contributed by atoms with Crippen molar-refractivity contribution >= 4 is 0 Å². The summed E-state index contributed by atoms with van der Waals surface area (Å²) in [6, 6.07) is 0.516. The van der Waals surface area contributed by atoms with Gasteiger partial charge in [-0.15, -0.1) is 0 Å². The molecular weight excluding hydrogens is 112 g/mol. The summed E-state index contributed by atoms with van der Waals surface area (Å²) >= 11 is 0. The summed E-state index contributed by atoms with van der Waals surface area (Å²) in [7, 11) is 0. The third kappa shape index (κ3) is 0.864. The van der Waals surface area contributed by atoms with Crippen molar-refractivity contribution in [1.82, 2.24) is 5.32 Å². The quantitative estimate of drug-likeness (QED) is 0.477. The fourth-order valence-corrected chi connectivity index (χ4v) is 2.21. The SMILES string of the molecule is NC1CC2CNCC2C1. The Bertz CT molecular complexity index is 101. The highest BCUT2D eigenvalue weighted by Crippen LogP contribution is 2.32. The van der Waals surface area contributed by atoms with Gasteiger partial charge in [-0.25, -0.2) is 0 Å². The summed E-state index contributed by atoms with van der Waals surface area (Å²) in [4.78, 5) is 0. The first-order valence-electron chi connectivity index (χ1n) is 3.82. The van der Waals surface area contributed by atoms with E-state index in [0.29, 0.717) is 6.04 Å². The maximum Gasteiger partial charge on any atom is 0.00452 e. The molecule has 0 aromatic rings. The average Bonchev–Trinajstić information content (AvgIpc) is 2.22. The molecule has 2 aliphatic rings. The Labute approximate surface area is 55.8 Å². The molecule has 1 heterocycles. The molecule has 2 nitrogen and oxygen atoms in total. The highest BCUT2D eigenvalue weighted by molar-refractivity contribution is 4.91. The van der Waals surface area contributed by atoms with Crippen molar-refractivity contribution in [3.05, 3.63) is 0 Å². The molecule has 1 aliphatic carbocycles. The van der Waals surface area contributed by atoms with Gasteiger partial charge in [0.15, 0.2) is 0 Å². The van der Waals surface area contributed by atoms with E-state index in [9.17, 15) is 0 Å². The minimum Gasteiger partial charge on any atom is -0.328 e. The van der Waals surface area contributed by atoms with Gasteiger partial charge in [0.25, 0.3) is 0 Å². The summed E-state index contributed by atoms with van der Waals surface area (Å²) in [6.45, 7) is 2.44. The van der Waals surface area contributed by atoms with Crippen LogP contribution in [0.5, 0.6) is 0 Å². The first-order valence-corrected chi connectivity index (χ1v) is 3.82. The molecule has 2 fully saturated rings. The van der Waals surface area contributed by atoms with Gasteiger partial charge in [0, 0.05) is 6.04 Å². The van der Waals surface area contributed by atoms with Crippen LogP contribution in [0.2, 0.25) is 0 Å². The standard InChI is InChI=1S/C7H14N2/c8-7-1-5-3-9-4-6(5)2-7/h5-7,9H,1-4,8H2. The maximum absolute atomic E-state index is 5.80. The number of rotatable bonds is 0. The van der Waals surface area contributed by atoms with E-state index < -0.39 is 0 Å². The Morgan fingerprint density at radius 2 is 1.67 bits per heavy atom. The minimum absolute atomic E-state index is 0.516. The first kappa shape index (κ1) is 5.69. The second-order valence-corrected chi connectivity index (χ2v) is 3.41. The van der Waals surface area contributed by atoms with Crippen LogP contribution in [0.4, 0.5) is 0 Å². The van der Waals surface area contributed by atoms with Crippen LogP contribution in [-0.2, 0) is 0 Å². The van der Waals surface area contributed by atoms with Crippen LogP contribution >= 0.6 is 0 Å². The van der Waals surface area contributed by atoms with Crippen molar-refractivity contribution in [2.75, 3.05) is 13.1 Å². The van der Waals surface area contributed by atoms with Crippen LogP contribution in [0.15, 0.2) is 0 Å². The zero-order chi connectivity index (χ0) is 6.27. The molecule has 0 spiro atoms. The van der Waals surface area contributed by atoms with E-state index in [4.69, 9.17) is 5.73 Å². The predicted molar refractivity (Wildman–Crippen MR) is 37.1 cm³/mol. The van der Waals surface area contributed by atoms with Gasteiger partial charge in [-0.2, -0.15) is 0 Å². The van der Waals surface area contributed by atoms with E-state index in [1.165, 1.54) is 25.9 Å². The van der Waals surface area contributed by atoms with E-state index in [2.05, 4.69) is 5.32 Å². The topological polar surface area (TPSA) is 38.0 Å². The Kier molecular flexibility index (Phi) is 1.24. The van der Waals surface area contributed by atoms with Gasteiger partial charge in [0.05, 0.1) is 0 Å². The van der Waals surface area contributed by atoms with Crippen molar-refractivity contribution in [1.29, 1.82) is 0 Å². The van der Waals surface area contributed by atoms with Crippen LogP contribution in [0.3, 0.4) is 0 Å². The summed E-state index contributed by atoms with van der Waals surface area (Å²) in [5, 5.41) is 3.39. The number of hydrogen-bond donors (Lipinski definition) is 2. The summed E-state index contributed by atoms with van der Waals surface area (Å²) in [5.74, 6) is 1.83. The van der Waals surface area contributed by atoms with Crippen molar-refractivity contribution in [3.8, 4) is 0 Å². The molecule has 0 amide bonds. The minimum atomic E-state index is 0.516. The van der Waals surface area contributed by atoms with Crippen molar-refractivity contribution in [2.45, 2.75) is 18.9 Å². The van der Waals surface area contributed by atoms with Crippen molar-refractivity contribution < 1.29 is 0 Å². The first-order chi connectivity index (χ1) is 4.36. The summed E-state index contributed by atoms with van der Waals surface area (Å²) in [5.41, 5.74) is 5.80. The third-order valence-corrected chi connectivity index (χ3v) is 2.69. The molecule has 2 heteroatoms. The third-order valence-electron chi connectivity index (χ3n) is 2.69. The van der Waals surface area contributed by atoms with Gasteiger partial charge >= 0.3 is 0 Å². The molecule has 1 aliphatic heterocycles. The Morgan fingerprint density at radius 1 is 1.11 bits per heavy atom. The number of nitrogens with two attached hydrogens (primary N) is 1. The molecule has 2 unspecified atom stereocenters. The molecule has 1 saturated heterocycles. The smallest absolute Gasteiger partial charge is 0.00452 e. The fourth-order valence-electron chi connectivity index (χ4n) is 2.21. The molecule has 0 bridgehead atoms. The van der Waals surface area contributed by atoms with Crippen molar-refractivity contribution in [2.24, 2.45) is 17.6 Å². The lowest BCUT2D eigenvalue weighted by Gasteiger charge is -2.02. The lowest BCUT2D eigenvalue weighted by molar-refractivity contribution is 0.494. The van der Waals surface area contributed by atoms with E-state index in [-0.39, 0.29) is 0 Å². The summed E-state index contributed by atoms with van der Waals surface area (Å²) < 4.78 is 0.